The lowest BCUT2D eigenvalue weighted by Gasteiger charge is -2.34. The molecule has 0 aliphatic carbocycles. The van der Waals surface area contributed by atoms with Gasteiger partial charge in [0.25, 0.3) is 0 Å². The number of alkyl halides is 3. The molecule has 6 heteroatoms. The van der Waals surface area contributed by atoms with Gasteiger partial charge in [0.2, 0.25) is 0 Å². The zero-order valence-electron chi connectivity index (χ0n) is 16.6. The van der Waals surface area contributed by atoms with Crippen molar-refractivity contribution in [3.8, 4) is 0 Å². The van der Waals surface area contributed by atoms with Crippen LogP contribution < -0.4 is 0 Å². The van der Waals surface area contributed by atoms with Crippen LogP contribution in [0.4, 0.5) is 13.2 Å². The summed E-state index contributed by atoms with van der Waals surface area (Å²) in [6.07, 6.45) is -3.86. The van der Waals surface area contributed by atoms with Crippen molar-refractivity contribution in [2.75, 3.05) is 7.05 Å². The second kappa shape index (κ2) is 9.42. The molecule has 0 aromatic heterocycles. The van der Waals surface area contributed by atoms with Gasteiger partial charge in [-0.2, -0.15) is 13.2 Å². The number of hydrogen-bond donors (Lipinski definition) is 0. The number of nitrogens with zero attached hydrogens (tertiary/aromatic N) is 1. The summed E-state index contributed by atoms with van der Waals surface area (Å²) < 4.78 is 39.2. The van der Waals surface area contributed by atoms with Crippen LogP contribution in [-0.2, 0) is 12.6 Å². The van der Waals surface area contributed by atoms with Gasteiger partial charge in [-0.3, -0.25) is 4.90 Å². The second-order valence-corrected chi connectivity index (χ2v) is 8.30. The molecule has 3 rings (SSSR count). The molecule has 30 heavy (non-hydrogen) atoms. The van der Waals surface area contributed by atoms with Crippen molar-refractivity contribution in [3.63, 3.8) is 0 Å². The quantitative estimate of drug-likeness (QED) is 0.371. The monoisotopic (exact) mass is 451 g/mol. The van der Waals surface area contributed by atoms with Crippen LogP contribution in [0.1, 0.15) is 35.2 Å². The third-order valence-electron chi connectivity index (χ3n) is 5.26. The molecule has 3 aromatic rings. The van der Waals surface area contributed by atoms with Gasteiger partial charge in [0.15, 0.2) is 0 Å². The Morgan fingerprint density at radius 2 is 1.33 bits per heavy atom. The van der Waals surface area contributed by atoms with E-state index < -0.39 is 11.7 Å². The number of likely N-dealkylation sites (N-methyl/N-ethyl adjacent to an activating group) is 1. The molecule has 1 atom stereocenters. The van der Waals surface area contributed by atoms with E-state index in [1.54, 1.807) is 6.07 Å². The summed E-state index contributed by atoms with van der Waals surface area (Å²) in [6, 6.07) is 20.6. The van der Waals surface area contributed by atoms with E-state index in [0.29, 0.717) is 22.0 Å². The van der Waals surface area contributed by atoms with E-state index in [2.05, 4.69) is 4.90 Å². The molecule has 3 aromatic carbocycles. The van der Waals surface area contributed by atoms with Gasteiger partial charge in [0.1, 0.15) is 0 Å². The van der Waals surface area contributed by atoms with Crippen LogP contribution in [0, 0.1) is 0 Å². The first kappa shape index (κ1) is 22.7. The summed E-state index contributed by atoms with van der Waals surface area (Å²) in [6.45, 7) is 2.01. The predicted octanol–water partition coefficient (Wildman–Crippen LogP) is 7.66. The fraction of sp³-hybridized carbons (Fsp3) is 0.250. The van der Waals surface area contributed by atoms with Gasteiger partial charge in [0.05, 0.1) is 11.6 Å². The zero-order chi connectivity index (χ0) is 21.9. The molecule has 1 nitrogen and oxygen atoms in total. The standard InChI is InChI=1S/C24H22Cl2F3N/c1-16(14-17-4-3-5-20(15-17)24(27,28)29)30(2)23(18-6-10-21(25)11-7-18)19-8-12-22(26)13-9-19/h3-13,15-16,23H,14H2,1-2H3. The highest BCUT2D eigenvalue weighted by Crippen LogP contribution is 2.33. The van der Waals surface area contributed by atoms with Crippen molar-refractivity contribution in [2.45, 2.75) is 31.6 Å². The Balaban J connectivity index is 1.89. The molecule has 0 bridgehead atoms. The smallest absolute Gasteiger partial charge is 0.292 e. The van der Waals surface area contributed by atoms with E-state index >= 15 is 0 Å². The van der Waals surface area contributed by atoms with Crippen LogP contribution in [0.2, 0.25) is 10.0 Å². The van der Waals surface area contributed by atoms with E-state index in [1.807, 2.05) is 62.5 Å². The summed E-state index contributed by atoms with van der Waals surface area (Å²) in [5.41, 5.74) is 2.11. The molecular formula is C24H22Cl2F3N. The first-order valence-electron chi connectivity index (χ1n) is 9.54. The minimum Gasteiger partial charge on any atom is -0.292 e. The Morgan fingerprint density at radius 3 is 1.80 bits per heavy atom. The van der Waals surface area contributed by atoms with Crippen LogP contribution in [0.15, 0.2) is 72.8 Å². The summed E-state index contributed by atoms with van der Waals surface area (Å²) >= 11 is 12.1. The van der Waals surface area contributed by atoms with E-state index in [0.717, 1.165) is 17.2 Å². The maximum absolute atomic E-state index is 13.1. The normalized spacial score (nSPS) is 13.1. The average molecular weight is 452 g/mol. The van der Waals surface area contributed by atoms with Crippen molar-refractivity contribution < 1.29 is 13.2 Å². The van der Waals surface area contributed by atoms with Gasteiger partial charge in [-0.15, -0.1) is 0 Å². The highest BCUT2D eigenvalue weighted by atomic mass is 35.5. The fourth-order valence-electron chi connectivity index (χ4n) is 3.57. The predicted molar refractivity (Wildman–Crippen MR) is 117 cm³/mol. The summed E-state index contributed by atoms with van der Waals surface area (Å²) in [5, 5.41) is 1.29. The number of benzene rings is 3. The Hall–Kier alpha value is -2.01. The molecule has 0 fully saturated rings. The van der Waals surface area contributed by atoms with Crippen molar-refractivity contribution in [1.29, 1.82) is 0 Å². The molecule has 158 valence electrons. The molecule has 0 aliphatic rings. The first-order valence-corrected chi connectivity index (χ1v) is 10.3. The van der Waals surface area contributed by atoms with Crippen LogP contribution in [0.25, 0.3) is 0 Å². The highest BCUT2D eigenvalue weighted by Gasteiger charge is 2.31. The van der Waals surface area contributed by atoms with Crippen molar-refractivity contribution >= 4 is 23.2 Å². The number of rotatable bonds is 6. The van der Waals surface area contributed by atoms with Gasteiger partial charge in [-0.05, 0) is 67.4 Å². The van der Waals surface area contributed by atoms with Crippen LogP contribution >= 0.6 is 23.2 Å². The second-order valence-electron chi connectivity index (χ2n) is 7.42. The molecule has 0 N–H and O–H groups in total. The van der Waals surface area contributed by atoms with Gasteiger partial charge in [0, 0.05) is 16.1 Å². The Labute approximate surface area is 185 Å². The molecule has 1 unspecified atom stereocenters. The average Bonchev–Trinajstić information content (AvgIpc) is 2.70. The summed E-state index contributed by atoms with van der Waals surface area (Å²) in [5.74, 6) is 0. The number of hydrogen-bond acceptors (Lipinski definition) is 1. The topological polar surface area (TPSA) is 3.24 Å². The summed E-state index contributed by atoms with van der Waals surface area (Å²) in [4.78, 5) is 2.16. The fourth-order valence-corrected chi connectivity index (χ4v) is 3.82. The third-order valence-corrected chi connectivity index (χ3v) is 5.76. The molecule has 0 heterocycles. The minimum atomic E-state index is -4.35. The highest BCUT2D eigenvalue weighted by molar-refractivity contribution is 6.30. The van der Waals surface area contributed by atoms with E-state index in [1.165, 1.54) is 12.1 Å². The van der Waals surface area contributed by atoms with Crippen molar-refractivity contribution in [3.05, 3.63) is 105 Å². The van der Waals surface area contributed by atoms with Gasteiger partial charge in [-0.25, -0.2) is 0 Å². The van der Waals surface area contributed by atoms with Crippen molar-refractivity contribution in [1.82, 2.24) is 4.90 Å². The van der Waals surface area contributed by atoms with Crippen molar-refractivity contribution in [2.24, 2.45) is 0 Å². The third kappa shape index (κ3) is 5.57. The van der Waals surface area contributed by atoms with E-state index in [4.69, 9.17) is 23.2 Å². The molecule has 0 spiro atoms. The largest absolute Gasteiger partial charge is 0.416 e. The lowest BCUT2D eigenvalue weighted by atomic mass is 9.94. The maximum Gasteiger partial charge on any atom is 0.416 e. The zero-order valence-corrected chi connectivity index (χ0v) is 18.1. The van der Waals surface area contributed by atoms with Crippen LogP contribution in [0.5, 0.6) is 0 Å². The lowest BCUT2D eigenvalue weighted by Crippen LogP contribution is -2.35. The molecule has 0 saturated carbocycles. The molecule has 0 amide bonds. The summed E-state index contributed by atoms with van der Waals surface area (Å²) in [7, 11) is 1.98. The van der Waals surface area contributed by atoms with Gasteiger partial charge < -0.3 is 0 Å². The van der Waals surface area contributed by atoms with Crippen LogP contribution in [0.3, 0.4) is 0 Å². The van der Waals surface area contributed by atoms with E-state index in [9.17, 15) is 13.2 Å². The SMILES string of the molecule is CC(Cc1cccc(C(F)(F)F)c1)N(C)C(c1ccc(Cl)cc1)c1ccc(Cl)cc1. The van der Waals surface area contributed by atoms with Crippen LogP contribution in [-0.4, -0.2) is 18.0 Å². The first-order chi connectivity index (χ1) is 14.1. The number of halogens is 5. The Morgan fingerprint density at radius 1 is 0.833 bits per heavy atom. The molecular weight excluding hydrogens is 430 g/mol. The Bertz CT molecular complexity index is 923. The maximum atomic E-state index is 13.1. The van der Waals surface area contributed by atoms with Gasteiger partial charge in [-0.1, -0.05) is 65.7 Å². The Kier molecular flexibility index (Phi) is 7.12. The van der Waals surface area contributed by atoms with Gasteiger partial charge >= 0.3 is 6.18 Å². The molecule has 0 saturated heterocycles. The molecule has 0 aliphatic heterocycles. The minimum absolute atomic E-state index is 0.0233. The molecule has 0 radical (unpaired) electrons. The van der Waals surface area contributed by atoms with E-state index in [-0.39, 0.29) is 12.1 Å². The lowest BCUT2D eigenvalue weighted by molar-refractivity contribution is -0.137.